The third-order valence-electron chi connectivity index (χ3n) is 5.54. The number of non-ortho nitro benzene ring substituents is 1. The summed E-state index contributed by atoms with van der Waals surface area (Å²) in [7, 11) is 0. The number of likely N-dealkylation sites (tertiary alicyclic amines) is 1. The second-order valence-corrected chi connectivity index (χ2v) is 8.39. The van der Waals surface area contributed by atoms with Crippen LogP contribution in [0.25, 0.3) is 0 Å². The van der Waals surface area contributed by atoms with E-state index in [2.05, 4.69) is 10.2 Å². The molecule has 8 heteroatoms. The minimum Gasteiger partial charge on any atom is -0.338 e. The second kappa shape index (κ2) is 7.72. The highest BCUT2D eigenvalue weighted by molar-refractivity contribution is 7.11. The van der Waals surface area contributed by atoms with Crippen molar-refractivity contribution in [3.63, 3.8) is 0 Å². The lowest BCUT2D eigenvalue weighted by molar-refractivity contribution is -0.384. The van der Waals surface area contributed by atoms with Crippen LogP contribution in [0.1, 0.15) is 70.7 Å². The van der Waals surface area contributed by atoms with Gasteiger partial charge in [0.25, 0.3) is 11.6 Å². The number of piperidine rings is 1. The van der Waals surface area contributed by atoms with Crippen molar-refractivity contribution in [2.45, 2.75) is 50.4 Å². The Morgan fingerprint density at radius 3 is 2.33 bits per heavy atom. The first-order valence-corrected chi connectivity index (χ1v) is 10.3. The lowest BCUT2D eigenvalue weighted by Crippen LogP contribution is -2.39. The molecule has 7 nitrogen and oxygen atoms in total. The van der Waals surface area contributed by atoms with Gasteiger partial charge in [-0.1, -0.05) is 12.8 Å². The molecule has 1 unspecified atom stereocenters. The van der Waals surface area contributed by atoms with Crippen molar-refractivity contribution in [1.29, 1.82) is 0 Å². The number of carbonyl (C=O) groups is 1. The Morgan fingerprint density at radius 1 is 1.04 bits per heavy atom. The Bertz CT molecular complexity index is 830. The van der Waals surface area contributed by atoms with Crippen molar-refractivity contribution in [2.24, 2.45) is 0 Å². The molecule has 1 saturated carbocycles. The Hall–Kier alpha value is -2.35. The van der Waals surface area contributed by atoms with Crippen LogP contribution in [0.3, 0.4) is 0 Å². The fraction of sp³-hybridized carbons (Fsp3) is 0.526. The first kappa shape index (κ1) is 18.0. The molecular weight excluding hydrogens is 364 g/mol. The van der Waals surface area contributed by atoms with E-state index in [1.165, 1.54) is 49.9 Å². The zero-order chi connectivity index (χ0) is 18.8. The maximum atomic E-state index is 12.8. The SMILES string of the molecule is O=C(c1ccc([N+](=O)[O-])cc1)N1CCCC(c2nnc(C3CCCC3)s2)C1. The smallest absolute Gasteiger partial charge is 0.269 e. The van der Waals surface area contributed by atoms with Crippen LogP contribution in [0.5, 0.6) is 0 Å². The molecule has 27 heavy (non-hydrogen) atoms. The van der Waals surface area contributed by atoms with E-state index >= 15 is 0 Å². The predicted octanol–water partition coefficient (Wildman–Crippen LogP) is 4.12. The van der Waals surface area contributed by atoms with Crippen molar-refractivity contribution in [3.8, 4) is 0 Å². The number of nitrogens with zero attached hydrogens (tertiary/aromatic N) is 4. The molecule has 2 heterocycles. The average molecular weight is 386 g/mol. The van der Waals surface area contributed by atoms with Gasteiger partial charge in [-0.05, 0) is 37.8 Å². The summed E-state index contributed by atoms with van der Waals surface area (Å²) in [4.78, 5) is 25.0. The maximum Gasteiger partial charge on any atom is 0.269 e. The minimum atomic E-state index is -0.456. The molecule has 1 amide bonds. The highest BCUT2D eigenvalue weighted by Gasteiger charge is 2.29. The van der Waals surface area contributed by atoms with Gasteiger partial charge in [-0.15, -0.1) is 21.5 Å². The zero-order valence-corrected chi connectivity index (χ0v) is 15.9. The number of aromatic nitrogens is 2. The summed E-state index contributed by atoms with van der Waals surface area (Å²) >= 11 is 1.72. The standard InChI is InChI=1S/C19H22N4O3S/c24-19(14-7-9-16(10-8-14)23(25)26)22-11-3-6-15(12-22)18-21-20-17(27-18)13-4-1-2-5-13/h7-10,13,15H,1-6,11-12H2. The molecule has 0 spiro atoms. The zero-order valence-electron chi connectivity index (χ0n) is 15.0. The number of hydrogen-bond acceptors (Lipinski definition) is 6. The topological polar surface area (TPSA) is 89.2 Å². The van der Waals surface area contributed by atoms with E-state index in [9.17, 15) is 14.9 Å². The minimum absolute atomic E-state index is 0.00336. The van der Waals surface area contributed by atoms with E-state index in [4.69, 9.17) is 0 Å². The molecule has 1 saturated heterocycles. The number of benzene rings is 1. The van der Waals surface area contributed by atoms with Gasteiger partial charge < -0.3 is 4.90 Å². The van der Waals surface area contributed by atoms with E-state index in [0.29, 0.717) is 24.6 Å². The van der Waals surface area contributed by atoms with Gasteiger partial charge in [0.15, 0.2) is 0 Å². The van der Waals surface area contributed by atoms with Crippen molar-refractivity contribution in [1.82, 2.24) is 15.1 Å². The molecule has 2 fully saturated rings. The summed E-state index contributed by atoms with van der Waals surface area (Å²) < 4.78 is 0. The molecule has 1 aromatic heterocycles. The van der Waals surface area contributed by atoms with Crippen molar-refractivity contribution in [3.05, 3.63) is 50.0 Å². The van der Waals surface area contributed by atoms with Gasteiger partial charge in [-0.3, -0.25) is 14.9 Å². The van der Waals surface area contributed by atoms with Crippen molar-refractivity contribution in [2.75, 3.05) is 13.1 Å². The molecule has 0 N–H and O–H groups in total. The molecule has 142 valence electrons. The normalized spacial score (nSPS) is 20.7. The first-order chi connectivity index (χ1) is 13.1. The molecular formula is C19H22N4O3S. The number of hydrogen-bond donors (Lipinski definition) is 0. The Morgan fingerprint density at radius 2 is 1.67 bits per heavy atom. The number of rotatable bonds is 4. The Labute approximate surface area is 161 Å². The van der Waals surface area contributed by atoms with Crippen LogP contribution in [0.15, 0.2) is 24.3 Å². The third kappa shape index (κ3) is 3.85. The monoisotopic (exact) mass is 386 g/mol. The van der Waals surface area contributed by atoms with E-state index < -0.39 is 4.92 Å². The molecule has 0 radical (unpaired) electrons. The van der Waals surface area contributed by atoms with Crippen LogP contribution in [-0.4, -0.2) is 39.0 Å². The third-order valence-corrected chi connectivity index (χ3v) is 6.79. The summed E-state index contributed by atoms with van der Waals surface area (Å²) in [6.07, 6.45) is 6.93. The van der Waals surface area contributed by atoms with Gasteiger partial charge in [0.2, 0.25) is 0 Å². The maximum absolute atomic E-state index is 12.8. The number of amides is 1. The van der Waals surface area contributed by atoms with Crippen LogP contribution in [0.2, 0.25) is 0 Å². The second-order valence-electron chi connectivity index (χ2n) is 7.35. The van der Waals surface area contributed by atoms with Gasteiger partial charge in [-0.25, -0.2) is 0 Å². The van der Waals surface area contributed by atoms with Crippen LogP contribution < -0.4 is 0 Å². The number of nitro benzene ring substituents is 1. The van der Waals surface area contributed by atoms with Crippen LogP contribution in [0, 0.1) is 10.1 Å². The molecule has 2 aromatic rings. The Balaban J connectivity index is 1.44. The molecule has 1 aromatic carbocycles. The van der Waals surface area contributed by atoms with Crippen LogP contribution in [0.4, 0.5) is 5.69 Å². The van der Waals surface area contributed by atoms with Gasteiger partial charge in [-0.2, -0.15) is 0 Å². The fourth-order valence-corrected chi connectivity index (χ4v) is 5.16. The van der Waals surface area contributed by atoms with E-state index in [0.717, 1.165) is 22.9 Å². The highest BCUT2D eigenvalue weighted by atomic mass is 32.1. The summed E-state index contributed by atoms with van der Waals surface area (Å²) in [6, 6.07) is 5.83. The number of carbonyl (C=O) groups excluding carboxylic acids is 1. The number of nitro groups is 1. The molecule has 1 atom stereocenters. The van der Waals surface area contributed by atoms with Gasteiger partial charge in [0.1, 0.15) is 10.0 Å². The van der Waals surface area contributed by atoms with Gasteiger partial charge >= 0.3 is 0 Å². The van der Waals surface area contributed by atoms with Crippen molar-refractivity contribution >= 4 is 22.9 Å². The summed E-state index contributed by atoms with van der Waals surface area (Å²) in [5.41, 5.74) is 0.488. The molecule has 1 aliphatic carbocycles. The highest BCUT2D eigenvalue weighted by Crippen LogP contribution is 2.38. The molecule has 4 rings (SSSR count). The van der Waals surface area contributed by atoms with Gasteiger partial charge in [0.05, 0.1) is 4.92 Å². The quantitative estimate of drug-likeness (QED) is 0.582. The van der Waals surface area contributed by atoms with E-state index in [1.807, 2.05) is 4.90 Å². The summed E-state index contributed by atoms with van der Waals surface area (Å²) in [5, 5.41) is 21.8. The van der Waals surface area contributed by atoms with E-state index in [1.54, 1.807) is 11.3 Å². The summed E-state index contributed by atoms with van der Waals surface area (Å²) in [6.45, 7) is 1.34. The largest absolute Gasteiger partial charge is 0.338 e. The van der Waals surface area contributed by atoms with Crippen molar-refractivity contribution < 1.29 is 9.72 Å². The summed E-state index contributed by atoms with van der Waals surface area (Å²) in [5.74, 6) is 0.723. The lowest BCUT2D eigenvalue weighted by Gasteiger charge is -2.31. The van der Waals surface area contributed by atoms with Crippen LogP contribution in [-0.2, 0) is 0 Å². The van der Waals surface area contributed by atoms with Gasteiger partial charge in [0, 0.05) is 42.6 Å². The molecule has 0 bridgehead atoms. The fourth-order valence-electron chi connectivity index (χ4n) is 4.02. The average Bonchev–Trinajstić information content (AvgIpc) is 3.39. The predicted molar refractivity (Wildman–Crippen MR) is 102 cm³/mol. The molecule has 2 aliphatic rings. The molecule has 1 aliphatic heterocycles. The Kier molecular flexibility index (Phi) is 5.15. The lowest BCUT2D eigenvalue weighted by atomic mass is 9.98. The van der Waals surface area contributed by atoms with E-state index in [-0.39, 0.29) is 17.5 Å². The van der Waals surface area contributed by atoms with Crippen LogP contribution >= 0.6 is 11.3 Å². The first-order valence-electron chi connectivity index (χ1n) is 9.49.